The first-order chi connectivity index (χ1) is 8.32. The number of rotatable bonds is 3. The molecule has 0 atom stereocenters. The number of sulfonamides is 1. The molecular formula is C10H12ClN3O2S2. The van der Waals surface area contributed by atoms with Gasteiger partial charge in [0.2, 0.25) is 0 Å². The highest BCUT2D eigenvalue weighted by Gasteiger charge is 2.25. The lowest BCUT2D eigenvalue weighted by Gasteiger charge is -2.15. The van der Waals surface area contributed by atoms with E-state index in [1.54, 1.807) is 30.9 Å². The van der Waals surface area contributed by atoms with Gasteiger partial charge in [0.25, 0.3) is 10.0 Å². The van der Waals surface area contributed by atoms with Crippen molar-refractivity contribution in [3.63, 3.8) is 0 Å². The number of anilines is 1. The first-order valence-corrected chi connectivity index (χ1v) is 7.69. The number of hydrogen-bond acceptors (Lipinski definition) is 4. The van der Waals surface area contributed by atoms with Gasteiger partial charge in [-0.15, -0.1) is 11.3 Å². The van der Waals surface area contributed by atoms with Gasteiger partial charge in [-0.3, -0.25) is 8.99 Å². The second-order valence-electron chi connectivity index (χ2n) is 3.87. The van der Waals surface area contributed by atoms with Crippen LogP contribution in [0.5, 0.6) is 0 Å². The molecule has 98 valence electrons. The zero-order chi connectivity index (χ0) is 13.5. The van der Waals surface area contributed by atoms with Crippen LogP contribution in [0.2, 0.25) is 4.34 Å². The van der Waals surface area contributed by atoms with Crippen molar-refractivity contribution in [1.29, 1.82) is 0 Å². The molecule has 2 aromatic rings. The zero-order valence-electron chi connectivity index (χ0n) is 10.1. The van der Waals surface area contributed by atoms with Crippen LogP contribution in [0.1, 0.15) is 5.56 Å². The van der Waals surface area contributed by atoms with Crippen LogP contribution >= 0.6 is 22.9 Å². The van der Waals surface area contributed by atoms with Gasteiger partial charge in [0, 0.05) is 20.3 Å². The maximum absolute atomic E-state index is 12.3. The number of thiophene rings is 1. The number of aryl methyl sites for hydroxylation is 2. The van der Waals surface area contributed by atoms with Crippen LogP contribution in [-0.4, -0.2) is 25.2 Å². The van der Waals surface area contributed by atoms with Gasteiger partial charge in [0.05, 0.1) is 16.2 Å². The van der Waals surface area contributed by atoms with Crippen LogP contribution in [0.15, 0.2) is 22.7 Å². The minimum Gasteiger partial charge on any atom is -0.274 e. The standard InChI is InChI=1S/C10H12ClN3O2S2/c1-7-4-9(17-10(7)11)18(15,16)14(3)8-5-12-13(2)6-8/h4-6H,1-3H3. The van der Waals surface area contributed by atoms with Crippen molar-refractivity contribution in [2.24, 2.45) is 7.05 Å². The van der Waals surface area contributed by atoms with Crippen LogP contribution in [0.4, 0.5) is 5.69 Å². The van der Waals surface area contributed by atoms with Gasteiger partial charge >= 0.3 is 0 Å². The first-order valence-electron chi connectivity index (χ1n) is 5.06. The number of aromatic nitrogens is 2. The molecule has 2 rings (SSSR count). The highest BCUT2D eigenvalue weighted by atomic mass is 35.5. The molecule has 0 saturated heterocycles. The van der Waals surface area contributed by atoms with E-state index in [0.717, 1.165) is 16.9 Å². The van der Waals surface area contributed by atoms with Crippen molar-refractivity contribution in [2.45, 2.75) is 11.1 Å². The van der Waals surface area contributed by atoms with Crippen molar-refractivity contribution in [3.05, 3.63) is 28.4 Å². The lowest BCUT2D eigenvalue weighted by atomic mass is 10.4. The monoisotopic (exact) mass is 305 g/mol. The van der Waals surface area contributed by atoms with Crippen molar-refractivity contribution in [1.82, 2.24) is 9.78 Å². The highest BCUT2D eigenvalue weighted by Crippen LogP contribution is 2.32. The lowest BCUT2D eigenvalue weighted by Crippen LogP contribution is -2.25. The second-order valence-corrected chi connectivity index (χ2v) is 7.72. The van der Waals surface area contributed by atoms with Gasteiger partial charge in [-0.25, -0.2) is 8.42 Å². The topological polar surface area (TPSA) is 55.2 Å². The Kier molecular flexibility index (Phi) is 3.39. The minimum atomic E-state index is -3.57. The van der Waals surface area contributed by atoms with Gasteiger partial charge < -0.3 is 0 Å². The molecule has 0 spiro atoms. The van der Waals surface area contributed by atoms with Crippen LogP contribution in [0, 0.1) is 6.92 Å². The summed E-state index contributed by atoms with van der Waals surface area (Å²) in [7, 11) is -0.339. The third-order valence-corrected chi connectivity index (χ3v) is 6.29. The summed E-state index contributed by atoms with van der Waals surface area (Å²) in [6, 6.07) is 1.58. The fourth-order valence-corrected chi connectivity index (χ4v) is 4.45. The Morgan fingerprint density at radius 3 is 2.61 bits per heavy atom. The number of halogens is 1. The van der Waals surface area contributed by atoms with Crippen molar-refractivity contribution in [3.8, 4) is 0 Å². The molecule has 8 heteroatoms. The molecule has 0 amide bonds. The molecule has 2 aromatic heterocycles. The van der Waals surface area contributed by atoms with Crippen LogP contribution in [0.25, 0.3) is 0 Å². The van der Waals surface area contributed by atoms with E-state index in [1.807, 2.05) is 0 Å². The molecule has 0 aromatic carbocycles. The molecule has 2 heterocycles. The van der Waals surface area contributed by atoms with E-state index in [1.165, 1.54) is 17.5 Å². The van der Waals surface area contributed by atoms with Crippen LogP contribution < -0.4 is 4.31 Å². The van der Waals surface area contributed by atoms with E-state index in [-0.39, 0.29) is 4.21 Å². The Labute approximate surface area is 115 Å². The number of nitrogens with zero attached hydrogens (tertiary/aromatic N) is 3. The molecule has 0 bridgehead atoms. The van der Waals surface area contributed by atoms with E-state index in [0.29, 0.717) is 10.0 Å². The summed E-state index contributed by atoms with van der Waals surface area (Å²) in [5, 5.41) is 3.96. The summed E-state index contributed by atoms with van der Waals surface area (Å²) in [5.74, 6) is 0. The summed E-state index contributed by atoms with van der Waals surface area (Å²) in [5.41, 5.74) is 1.28. The Hall–Kier alpha value is -1.05. The average molecular weight is 306 g/mol. The summed E-state index contributed by atoms with van der Waals surface area (Å²) in [6.07, 6.45) is 3.14. The summed E-state index contributed by atoms with van der Waals surface area (Å²) < 4.78 is 28.2. The van der Waals surface area contributed by atoms with Crippen LogP contribution in [-0.2, 0) is 17.1 Å². The SMILES string of the molecule is Cc1cc(S(=O)(=O)N(C)c2cnn(C)c2)sc1Cl. The fourth-order valence-electron chi connectivity index (χ4n) is 1.40. The molecule has 0 aliphatic carbocycles. The maximum atomic E-state index is 12.3. The summed E-state index contributed by atoms with van der Waals surface area (Å²) >= 11 is 6.97. The molecule has 0 saturated carbocycles. The Balaban J connectivity index is 2.42. The molecule has 0 unspecified atom stereocenters. The molecule has 0 aliphatic heterocycles. The predicted molar refractivity (Wildman–Crippen MR) is 72.9 cm³/mol. The Morgan fingerprint density at radius 1 is 1.50 bits per heavy atom. The highest BCUT2D eigenvalue weighted by molar-refractivity contribution is 7.94. The van der Waals surface area contributed by atoms with Gasteiger partial charge in [0.1, 0.15) is 4.21 Å². The second kappa shape index (κ2) is 4.56. The lowest BCUT2D eigenvalue weighted by molar-refractivity contribution is 0.596. The average Bonchev–Trinajstić information content (AvgIpc) is 2.86. The predicted octanol–water partition coefficient (Wildman–Crippen LogP) is 2.27. The minimum absolute atomic E-state index is 0.233. The smallest absolute Gasteiger partial charge is 0.273 e. The fraction of sp³-hybridized carbons (Fsp3) is 0.300. The van der Waals surface area contributed by atoms with E-state index < -0.39 is 10.0 Å². The van der Waals surface area contributed by atoms with Gasteiger partial charge in [-0.1, -0.05) is 11.6 Å². The third kappa shape index (κ3) is 2.25. The molecule has 0 aliphatic rings. The van der Waals surface area contributed by atoms with Gasteiger partial charge in [-0.05, 0) is 18.6 Å². The normalized spacial score (nSPS) is 11.8. The van der Waals surface area contributed by atoms with E-state index in [4.69, 9.17) is 11.6 Å². The molecule has 0 N–H and O–H groups in total. The van der Waals surface area contributed by atoms with Gasteiger partial charge in [-0.2, -0.15) is 5.10 Å². The molecule has 0 radical (unpaired) electrons. The molecule has 5 nitrogen and oxygen atoms in total. The van der Waals surface area contributed by atoms with Crippen molar-refractivity contribution < 1.29 is 8.42 Å². The quantitative estimate of drug-likeness (QED) is 0.874. The largest absolute Gasteiger partial charge is 0.274 e. The molecule has 0 fully saturated rings. The van der Waals surface area contributed by atoms with E-state index >= 15 is 0 Å². The zero-order valence-corrected chi connectivity index (χ0v) is 12.5. The Morgan fingerprint density at radius 2 is 2.17 bits per heavy atom. The third-order valence-electron chi connectivity index (χ3n) is 2.50. The van der Waals surface area contributed by atoms with E-state index in [2.05, 4.69) is 5.10 Å². The first kappa shape index (κ1) is 13.4. The molecule has 18 heavy (non-hydrogen) atoms. The van der Waals surface area contributed by atoms with Crippen LogP contribution in [0.3, 0.4) is 0 Å². The summed E-state index contributed by atoms with van der Waals surface area (Å²) in [4.78, 5) is 0. The number of hydrogen-bond donors (Lipinski definition) is 0. The van der Waals surface area contributed by atoms with Crippen molar-refractivity contribution >= 4 is 38.6 Å². The Bertz CT molecular complexity index is 656. The maximum Gasteiger partial charge on any atom is 0.273 e. The van der Waals surface area contributed by atoms with Crippen molar-refractivity contribution in [2.75, 3.05) is 11.4 Å². The van der Waals surface area contributed by atoms with E-state index in [9.17, 15) is 8.42 Å². The molecular weight excluding hydrogens is 294 g/mol. The summed E-state index contributed by atoms with van der Waals surface area (Å²) in [6.45, 7) is 1.78. The van der Waals surface area contributed by atoms with Gasteiger partial charge in [0.15, 0.2) is 0 Å².